The standard InChI is InChI=1S/C21H19ClF3NO5S2/c1-12(33(30,31)17-5-3-4-14(10-17)21(23,24)25)13-8-15(9-13)26-20(27)18-7-6-16(11-19(18)22)32(2,28)29/h3-7,10-11,13,15H,1,8-9H2,2H3,(H,26,27). The Labute approximate surface area is 194 Å². The molecule has 0 saturated heterocycles. The molecule has 0 radical (unpaired) electrons. The van der Waals surface area contributed by atoms with Crippen molar-refractivity contribution in [2.45, 2.75) is 34.9 Å². The van der Waals surface area contributed by atoms with Gasteiger partial charge in [-0.15, -0.1) is 0 Å². The molecule has 0 bridgehead atoms. The molecule has 0 unspecified atom stereocenters. The number of nitrogens with one attached hydrogen (secondary N) is 1. The average molecular weight is 522 g/mol. The van der Waals surface area contributed by atoms with Gasteiger partial charge in [0.05, 0.1) is 25.9 Å². The summed E-state index contributed by atoms with van der Waals surface area (Å²) in [5.74, 6) is -1.10. The van der Waals surface area contributed by atoms with Crippen LogP contribution in [0.3, 0.4) is 0 Å². The summed E-state index contributed by atoms with van der Waals surface area (Å²) in [4.78, 5) is 11.7. The highest BCUT2D eigenvalue weighted by molar-refractivity contribution is 7.95. The molecule has 1 aliphatic carbocycles. The van der Waals surface area contributed by atoms with E-state index < -0.39 is 54.2 Å². The fourth-order valence-electron chi connectivity index (χ4n) is 3.38. The van der Waals surface area contributed by atoms with Crippen LogP contribution >= 0.6 is 11.6 Å². The van der Waals surface area contributed by atoms with E-state index in [2.05, 4.69) is 11.9 Å². The quantitative estimate of drug-likeness (QED) is 0.612. The van der Waals surface area contributed by atoms with Crippen LogP contribution in [0.25, 0.3) is 0 Å². The summed E-state index contributed by atoms with van der Waals surface area (Å²) in [7, 11) is -7.69. The minimum Gasteiger partial charge on any atom is -0.349 e. The number of carbonyl (C=O) groups excluding carboxylic acids is 1. The first-order chi connectivity index (χ1) is 15.1. The molecule has 1 N–H and O–H groups in total. The van der Waals surface area contributed by atoms with Crippen molar-refractivity contribution < 1.29 is 34.8 Å². The molecule has 1 fully saturated rings. The third kappa shape index (κ3) is 5.42. The Morgan fingerprint density at radius 1 is 1.06 bits per heavy atom. The van der Waals surface area contributed by atoms with Crippen molar-refractivity contribution >= 4 is 37.2 Å². The minimum atomic E-state index is -4.68. The third-order valence-electron chi connectivity index (χ3n) is 5.36. The van der Waals surface area contributed by atoms with Gasteiger partial charge in [0.1, 0.15) is 0 Å². The van der Waals surface area contributed by atoms with Crippen LogP contribution in [0.2, 0.25) is 5.02 Å². The molecule has 1 amide bonds. The Bertz CT molecular complexity index is 1330. The minimum absolute atomic E-state index is 0.0381. The molecular weight excluding hydrogens is 503 g/mol. The summed E-state index contributed by atoms with van der Waals surface area (Å²) >= 11 is 6.03. The first-order valence-corrected chi connectivity index (χ1v) is 13.3. The van der Waals surface area contributed by atoms with E-state index in [-0.39, 0.29) is 33.2 Å². The topological polar surface area (TPSA) is 97.4 Å². The first-order valence-electron chi connectivity index (χ1n) is 9.52. The molecule has 33 heavy (non-hydrogen) atoms. The number of rotatable bonds is 6. The third-order valence-corrected chi connectivity index (χ3v) is 8.68. The lowest BCUT2D eigenvalue weighted by Gasteiger charge is -2.36. The summed E-state index contributed by atoms with van der Waals surface area (Å²) in [6.45, 7) is 3.58. The smallest absolute Gasteiger partial charge is 0.349 e. The van der Waals surface area contributed by atoms with Gasteiger partial charge in [-0.05, 0) is 55.2 Å². The normalized spacial score (nSPS) is 18.9. The maximum absolute atomic E-state index is 12.9. The molecule has 0 aliphatic heterocycles. The highest BCUT2D eigenvalue weighted by Crippen LogP contribution is 2.39. The number of allylic oxidation sites excluding steroid dienone is 1. The Morgan fingerprint density at radius 3 is 2.24 bits per heavy atom. The molecule has 0 atom stereocenters. The number of carbonyl (C=O) groups is 1. The highest BCUT2D eigenvalue weighted by Gasteiger charge is 2.38. The number of hydrogen-bond acceptors (Lipinski definition) is 5. The fraction of sp³-hybridized carbons (Fsp3) is 0.286. The summed E-state index contributed by atoms with van der Waals surface area (Å²) < 4.78 is 87.4. The maximum Gasteiger partial charge on any atom is 0.416 e. The SMILES string of the molecule is C=C(C1CC(NC(=O)c2ccc(S(C)(=O)=O)cc2Cl)C1)S(=O)(=O)c1cccc(C(F)(F)F)c1. The van der Waals surface area contributed by atoms with Crippen LogP contribution in [-0.2, 0) is 25.9 Å². The zero-order valence-electron chi connectivity index (χ0n) is 17.2. The molecule has 6 nitrogen and oxygen atoms in total. The maximum atomic E-state index is 12.9. The van der Waals surface area contributed by atoms with Crippen LogP contribution in [0, 0.1) is 5.92 Å². The molecule has 0 spiro atoms. The highest BCUT2D eigenvalue weighted by atomic mass is 35.5. The van der Waals surface area contributed by atoms with Crippen molar-refractivity contribution in [2.75, 3.05) is 6.26 Å². The number of alkyl halides is 3. The number of halogens is 4. The summed E-state index contributed by atoms with van der Waals surface area (Å²) in [5.41, 5.74) is -1.02. The van der Waals surface area contributed by atoms with Gasteiger partial charge in [0.15, 0.2) is 9.84 Å². The van der Waals surface area contributed by atoms with E-state index in [0.29, 0.717) is 6.07 Å². The monoisotopic (exact) mass is 521 g/mol. The second-order valence-electron chi connectivity index (χ2n) is 7.75. The van der Waals surface area contributed by atoms with Crippen molar-refractivity contribution in [2.24, 2.45) is 5.92 Å². The van der Waals surface area contributed by atoms with Crippen molar-refractivity contribution in [1.82, 2.24) is 5.32 Å². The lowest BCUT2D eigenvalue weighted by molar-refractivity contribution is -0.137. The Morgan fingerprint density at radius 2 is 1.70 bits per heavy atom. The molecule has 3 rings (SSSR count). The lowest BCUT2D eigenvalue weighted by Crippen LogP contribution is -2.45. The lowest BCUT2D eigenvalue weighted by atomic mass is 9.80. The van der Waals surface area contributed by atoms with Gasteiger partial charge in [-0.2, -0.15) is 13.2 Å². The molecular formula is C21H19ClF3NO5S2. The molecule has 2 aromatic carbocycles. The van der Waals surface area contributed by atoms with E-state index in [1.807, 2.05) is 0 Å². The van der Waals surface area contributed by atoms with Gasteiger partial charge in [0.2, 0.25) is 9.84 Å². The van der Waals surface area contributed by atoms with Crippen LogP contribution < -0.4 is 5.32 Å². The van der Waals surface area contributed by atoms with Gasteiger partial charge < -0.3 is 5.32 Å². The van der Waals surface area contributed by atoms with Gasteiger partial charge in [-0.3, -0.25) is 4.79 Å². The van der Waals surface area contributed by atoms with E-state index in [4.69, 9.17) is 11.6 Å². The molecule has 0 heterocycles. The van der Waals surface area contributed by atoms with Gasteiger partial charge in [-0.1, -0.05) is 24.2 Å². The Kier molecular flexibility index (Phi) is 6.71. The molecule has 2 aromatic rings. The van der Waals surface area contributed by atoms with Crippen LogP contribution in [0.1, 0.15) is 28.8 Å². The second-order valence-corrected chi connectivity index (χ2v) is 12.2. The van der Waals surface area contributed by atoms with E-state index in [9.17, 15) is 34.8 Å². The predicted molar refractivity (Wildman–Crippen MR) is 116 cm³/mol. The molecule has 0 aromatic heterocycles. The zero-order chi connectivity index (χ0) is 24.8. The van der Waals surface area contributed by atoms with E-state index in [1.165, 1.54) is 18.2 Å². The van der Waals surface area contributed by atoms with Crippen molar-refractivity contribution in [3.8, 4) is 0 Å². The van der Waals surface area contributed by atoms with E-state index >= 15 is 0 Å². The van der Waals surface area contributed by atoms with Crippen molar-refractivity contribution in [1.29, 1.82) is 0 Å². The first kappa shape index (κ1) is 25.3. The number of benzene rings is 2. The molecule has 178 valence electrons. The van der Waals surface area contributed by atoms with Crippen molar-refractivity contribution in [3.05, 3.63) is 70.1 Å². The molecule has 1 saturated carbocycles. The Balaban J connectivity index is 1.65. The van der Waals surface area contributed by atoms with Crippen LogP contribution in [-0.4, -0.2) is 35.0 Å². The molecule has 12 heteroatoms. The number of hydrogen-bond donors (Lipinski definition) is 1. The van der Waals surface area contributed by atoms with Crippen LogP contribution in [0.5, 0.6) is 0 Å². The predicted octanol–water partition coefficient (Wildman–Crippen LogP) is 4.26. The average Bonchev–Trinajstić information content (AvgIpc) is 2.68. The zero-order valence-corrected chi connectivity index (χ0v) is 19.6. The van der Waals surface area contributed by atoms with Crippen LogP contribution in [0.4, 0.5) is 13.2 Å². The van der Waals surface area contributed by atoms with E-state index in [0.717, 1.165) is 24.5 Å². The molecule has 1 aliphatic rings. The number of sulfone groups is 2. The fourth-order valence-corrected chi connectivity index (χ4v) is 5.83. The summed E-state index contributed by atoms with van der Waals surface area (Å²) in [6.07, 6.45) is -3.23. The summed E-state index contributed by atoms with van der Waals surface area (Å²) in [6, 6.07) is 6.75. The van der Waals surface area contributed by atoms with Gasteiger partial charge in [-0.25, -0.2) is 16.8 Å². The number of amides is 1. The van der Waals surface area contributed by atoms with Gasteiger partial charge in [0, 0.05) is 17.2 Å². The van der Waals surface area contributed by atoms with Crippen molar-refractivity contribution in [3.63, 3.8) is 0 Å². The summed E-state index contributed by atoms with van der Waals surface area (Å²) in [5, 5.41) is 2.63. The Hall–Kier alpha value is -2.37. The van der Waals surface area contributed by atoms with Gasteiger partial charge in [0.25, 0.3) is 5.91 Å². The largest absolute Gasteiger partial charge is 0.416 e. The van der Waals surface area contributed by atoms with E-state index in [1.54, 1.807) is 0 Å². The van der Waals surface area contributed by atoms with Gasteiger partial charge >= 0.3 is 6.18 Å². The van der Waals surface area contributed by atoms with Crippen LogP contribution in [0.15, 0.2) is 63.7 Å². The second kappa shape index (κ2) is 8.77.